The predicted octanol–water partition coefficient (Wildman–Crippen LogP) is 5.25. The lowest BCUT2D eigenvalue weighted by atomic mass is 10.1. The lowest BCUT2D eigenvalue weighted by molar-refractivity contribution is -0.138. The minimum atomic E-state index is -4.31. The molecule has 0 fully saturated rings. The fraction of sp³-hybridized carbons (Fsp3) is 0.286. The van der Waals surface area contributed by atoms with Gasteiger partial charge in [-0.05, 0) is 53.9 Å². The number of aryl methyl sites for hydroxylation is 1. The van der Waals surface area contributed by atoms with Crippen molar-refractivity contribution in [2.75, 3.05) is 5.32 Å². The first-order valence-corrected chi connectivity index (χ1v) is 6.78. The van der Waals surface area contributed by atoms with Crippen LogP contribution in [0.3, 0.4) is 0 Å². The normalized spacial score (nSPS) is 13.3. The van der Waals surface area contributed by atoms with E-state index in [9.17, 15) is 13.2 Å². The summed E-state index contributed by atoms with van der Waals surface area (Å²) in [5.41, 5.74) is 1.20. The highest BCUT2D eigenvalue weighted by atomic mass is 32.1. The predicted molar refractivity (Wildman–Crippen MR) is 72.5 cm³/mol. The molecule has 1 aromatic carbocycles. The second kappa shape index (κ2) is 5.25. The number of benzene rings is 1. The van der Waals surface area contributed by atoms with E-state index in [2.05, 4.69) is 5.32 Å². The Labute approximate surface area is 114 Å². The van der Waals surface area contributed by atoms with Crippen LogP contribution >= 0.6 is 11.3 Å². The van der Waals surface area contributed by atoms with Gasteiger partial charge in [-0.3, -0.25) is 0 Å². The highest BCUT2D eigenvalue weighted by Crippen LogP contribution is 2.34. The first kappa shape index (κ1) is 13.9. The summed E-state index contributed by atoms with van der Waals surface area (Å²) in [4.78, 5) is 0. The van der Waals surface area contributed by atoms with Gasteiger partial charge in [0.05, 0.1) is 5.56 Å². The molecule has 1 heterocycles. The third kappa shape index (κ3) is 3.29. The van der Waals surface area contributed by atoms with E-state index in [1.807, 2.05) is 23.8 Å². The first-order chi connectivity index (χ1) is 8.88. The van der Waals surface area contributed by atoms with Crippen molar-refractivity contribution in [3.05, 3.63) is 51.7 Å². The maximum Gasteiger partial charge on any atom is 0.416 e. The molecule has 0 spiro atoms. The summed E-state index contributed by atoms with van der Waals surface area (Å²) >= 11 is 1.57. The molecule has 0 aliphatic rings. The van der Waals surface area contributed by atoms with Crippen molar-refractivity contribution in [3.63, 3.8) is 0 Å². The number of hydrogen-bond acceptors (Lipinski definition) is 2. The fourth-order valence-corrected chi connectivity index (χ4v) is 2.63. The van der Waals surface area contributed by atoms with Crippen molar-refractivity contribution in [1.29, 1.82) is 0 Å². The molecule has 5 heteroatoms. The van der Waals surface area contributed by atoms with Crippen LogP contribution in [0.25, 0.3) is 0 Å². The van der Waals surface area contributed by atoms with E-state index in [1.165, 1.54) is 13.0 Å². The Bertz CT molecular complexity index is 546. The molecule has 102 valence electrons. The summed E-state index contributed by atoms with van der Waals surface area (Å²) in [6, 6.07) is 6.27. The molecule has 1 nitrogen and oxygen atoms in total. The number of alkyl halides is 3. The average molecular weight is 285 g/mol. The number of halogens is 3. The van der Waals surface area contributed by atoms with Gasteiger partial charge in [0, 0.05) is 11.7 Å². The summed E-state index contributed by atoms with van der Waals surface area (Å²) in [7, 11) is 0. The van der Waals surface area contributed by atoms with Crippen LogP contribution < -0.4 is 5.32 Å². The number of hydrogen-bond donors (Lipinski definition) is 1. The molecule has 0 saturated heterocycles. The van der Waals surface area contributed by atoms with Gasteiger partial charge < -0.3 is 5.32 Å². The number of nitrogens with one attached hydrogen (secondary N) is 1. The van der Waals surface area contributed by atoms with Gasteiger partial charge in [0.25, 0.3) is 0 Å². The van der Waals surface area contributed by atoms with Crippen LogP contribution in [0, 0.1) is 6.92 Å². The van der Waals surface area contributed by atoms with E-state index in [1.54, 1.807) is 17.4 Å². The van der Waals surface area contributed by atoms with Crippen molar-refractivity contribution < 1.29 is 13.2 Å². The first-order valence-electron chi connectivity index (χ1n) is 5.84. The summed E-state index contributed by atoms with van der Waals surface area (Å²) in [6.45, 7) is 3.39. The number of anilines is 1. The lowest BCUT2D eigenvalue weighted by Crippen LogP contribution is -2.10. The van der Waals surface area contributed by atoms with E-state index in [0.29, 0.717) is 5.69 Å². The van der Waals surface area contributed by atoms with Gasteiger partial charge in [-0.15, -0.1) is 0 Å². The van der Waals surface area contributed by atoms with Crippen LogP contribution in [-0.4, -0.2) is 0 Å². The highest BCUT2D eigenvalue weighted by molar-refractivity contribution is 7.07. The van der Waals surface area contributed by atoms with E-state index >= 15 is 0 Å². The lowest BCUT2D eigenvalue weighted by Gasteiger charge is -2.17. The van der Waals surface area contributed by atoms with Crippen molar-refractivity contribution >= 4 is 17.0 Å². The van der Waals surface area contributed by atoms with E-state index in [4.69, 9.17) is 0 Å². The maximum atomic E-state index is 12.8. The molecule has 1 unspecified atom stereocenters. The smallest absolute Gasteiger partial charge is 0.378 e. The Morgan fingerprint density at radius 1 is 1.21 bits per heavy atom. The van der Waals surface area contributed by atoms with Gasteiger partial charge in [-0.25, -0.2) is 0 Å². The molecule has 2 aromatic rings. The molecule has 0 aliphatic heterocycles. The quantitative estimate of drug-likeness (QED) is 0.812. The molecule has 1 N–H and O–H groups in total. The summed E-state index contributed by atoms with van der Waals surface area (Å²) in [5, 5.41) is 7.02. The molecule has 1 aromatic heterocycles. The second-order valence-electron chi connectivity index (χ2n) is 4.45. The standard InChI is InChI=1S/C14H14F3NS/c1-9-3-4-12(7-13(9)14(15,16)17)18-10(2)11-5-6-19-8-11/h3-8,10,18H,1-2H3. The zero-order valence-electron chi connectivity index (χ0n) is 10.6. The van der Waals surface area contributed by atoms with E-state index in [-0.39, 0.29) is 11.6 Å². The molecular weight excluding hydrogens is 271 g/mol. The summed E-state index contributed by atoms with van der Waals surface area (Å²) in [6.07, 6.45) is -4.31. The molecule has 0 radical (unpaired) electrons. The molecule has 0 aliphatic carbocycles. The summed E-state index contributed by atoms with van der Waals surface area (Å²) in [5.74, 6) is 0. The summed E-state index contributed by atoms with van der Waals surface area (Å²) < 4.78 is 38.4. The SMILES string of the molecule is Cc1ccc(NC(C)c2ccsc2)cc1C(F)(F)F. The van der Waals surface area contributed by atoms with Gasteiger partial charge in [-0.1, -0.05) is 6.07 Å². The number of thiophene rings is 1. The highest BCUT2D eigenvalue weighted by Gasteiger charge is 2.32. The second-order valence-corrected chi connectivity index (χ2v) is 5.23. The zero-order valence-corrected chi connectivity index (χ0v) is 11.4. The largest absolute Gasteiger partial charge is 0.416 e. The van der Waals surface area contributed by atoms with Crippen LogP contribution in [0.1, 0.15) is 29.7 Å². The third-order valence-corrected chi connectivity index (χ3v) is 3.67. The minimum Gasteiger partial charge on any atom is -0.378 e. The Hall–Kier alpha value is -1.49. The molecule has 0 amide bonds. The van der Waals surface area contributed by atoms with Gasteiger partial charge in [0.15, 0.2) is 0 Å². The fourth-order valence-electron chi connectivity index (χ4n) is 1.87. The average Bonchev–Trinajstić information content (AvgIpc) is 2.83. The van der Waals surface area contributed by atoms with Crippen molar-refractivity contribution in [2.24, 2.45) is 0 Å². The Morgan fingerprint density at radius 2 is 1.95 bits per heavy atom. The van der Waals surface area contributed by atoms with Crippen LogP contribution in [0.2, 0.25) is 0 Å². The van der Waals surface area contributed by atoms with Crippen LogP contribution in [0.5, 0.6) is 0 Å². The van der Waals surface area contributed by atoms with Crippen LogP contribution in [-0.2, 0) is 6.18 Å². The Balaban J connectivity index is 2.22. The van der Waals surface area contributed by atoms with Crippen molar-refractivity contribution in [1.82, 2.24) is 0 Å². The van der Waals surface area contributed by atoms with Crippen LogP contribution in [0.15, 0.2) is 35.0 Å². The molecule has 0 bridgehead atoms. The van der Waals surface area contributed by atoms with Gasteiger partial charge in [0.2, 0.25) is 0 Å². The van der Waals surface area contributed by atoms with Crippen molar-refractivity contribution in [2.45, 2.75) is 26.1 Å². The van der Waals surface area contributed by atoms with E-state index < -0.39 is 11.7 Å². The van der Waals surface area contributed by atoms with Gasteiger partial charge >= 0.3 is 6.18 Å². The minimum absolute atomic E-state index is 0.0185. The maximum absolute atomic E-state index is 12.8. The topological polar surface area (TPSA) is 12.0 Å². The monoisotopic (exact) mass is 285 g/mol. The Morgan fingerprint density at radius 3 is 2.53 bits per heavy atom. The van der Waals surface area contributed by atoms with E-state index in [0.717, 1.165) is 11.6 Å². The van der Waals surface area contributed by atoms with Gasteiger partial charge in [0.1, 0.15) is 0 Å². The molecule has 0 saturated carbocycles. The van der Waals surface area contributed by atoms with Crippen molar-refractivity contribution in [3.8, 4) is 0 Å². The van der Waals surface area contributed by atoms with Crippen LogP contribution in [0.4, 0.5) is 18.9 Å². The Kier molecular flexibility index (Phi) is 3.85. The molecule has 1 atom stereocenters. The molecular formula is C14H14F3NS. The molecule has 2 rings (SSSR count). The third-order valence-electron chi connectivity index (χ3n) is 2.97. The molecule has 19 heavy (non-hydrogen) atoms. The zero-order chi connectivity index (χ0) is 14.0. The van der Waals surface area contributed by atoms with Gasteiger partial charge in [-0.2, -0.15) is 24.5 Å². The number of rotatable bonds is 3.